The topological polar surface area (TPSA) is 12.0 Å². The van der Waals surface area contributed by atoms with Gasteiger partial charge < -0.3 is 5.32 Å². The molecule has 0 bridgehead atoms. The largest absolute Gasteiger partial charge is 0.312 e. The van der Waals surface area contributed by atoms with Crippen LogP contribution in [0.4, 0.5) is 0 Å². The van der Waals surface area contributed by atoms with Crippen molar-refractivity contribution in [2.45, 2.75) is 136 Å². The lowest BCUT2D eigenvalue weighted by Gasteiger charge is -2.28. The van der Waals surface area contributed by atoms with Crippen molar-refractivity contribution < 1.29 is 0 Å². The van der Waals surface area contributed by atoms with E-state index in [4.69, 9.17) is 0 Å². The summed E-state index contributed by atoms with van der Waals surface area (Å²) in [4.78, 5) is 0. The zero-order chi connectivity index (χ0) is 17.2. The van der Waals surface area contributed by atoms with Gasteiger partial charge in [-0.15, -0.1) is 17.0 Å². The zero-order valence-electron chi connectivity index (χ0n) is 17.4. The molecule has 0 unspecified atom stereocenters. The van der Waals surface area contributed by atoms with Gasteiger partial charge in [-0.1, -0.05) is 104 Å². The molecule has 0 spiro atoms. The van der Waals surface area contributed by atoms with E-state index < -0.39 is 0 Å². The lowest BCUT2D eigenvalue weighted by atomic mass is 9.95. The summed E-state index contributed by atoms with van der Waals surface area (Å²) in [5.41, 5.74) is 0.372. The van der Waals surface area contributed by atoms with Crippen LogP contribution in [0.15, 0.2) is 0 Å². The van der Waals surface area contributed by atoms with Gasteiger partial charge in [0.15, 0.2) is 0 Å². The maximum absolute atomic E-state index is 3.74. The highest BCUT2D eigenvalue weighted by molar-refractivity contribution is 8.93. The summed E-state index contributed by atoms with van der Waals surface area (Å²) >= 11 is 0. The molecule has 0 aliphatic rings. The Morgan fingerprint density at radius 2 is 0.875 bits per heavy atom. The molecule has 0 aromatic rings. The molecule has 2 heteroatoms. The van der Waals surface area contributed by atoms with E-state index in [9.17, 15) is 0 Å². The third-order valence-electron chi connectivity index (χ3n) is 5.64. The number of hydrogen-bond donors (Lipinski definition) is 1. The second-order valence-electron chi connectivity index (χ2n) is 7.79. The first-order chi connectivity index (χ1) is 11.2. The normalized spacial score (nSPS) is 11.5. The monoisotopic (exact) mass is 405 g/mol. The average molecular weight is 407 g/mol. The fourth-order valence-corrected chi connectivity index (χ4v) is 3.21. The van der Waals surface area contributed by atoms with E-state index in [0.29, 0.717) is 5.54 Å². The molecular weight excluding hydrogens is 358 g/mol. The summed E-state index contributed by atoms with van der Waals surface area (Å²) < 4.78 is 0. The van der Waals surface area contributed by atoms with Crippen LogP contribution in [0.2, 0.25) is 0 Å². The molecular formula is C22H48BrN. The van der Waals surface area contributed by atoms with Crippen molar-refractivity contribution in [1.82, 2.24) is 5.32 Å². The molecule has 24 heavy (non-hydrogen) atoms. The highest BCUT2D eigenvalue weighted by Gasteiger charge is 2.17. The number of halogens is 1. The Morgan fingerprint density at radius 3 is 1.21 bits per heavy atom. The average Bonchev–Trinajstić information content (AvgIpc) is 2.58. The van der Waals surface area contributed by atoms with Crippen LogP contribution in [-0.2, 0) is 0 Å². The summed E-state index contributed by atoms with van der Waals surface area (Å²) in [7, 11) is 0. The van der Waals surface area contributed by atoms with E-state index in [2.05, 4.69) is 33.0 Å². The Morgan fingerprint density at radius 1 is 0.542 bits per heavy atom. The standard InChI is InChI=1S/C22H47N.BrH/c1-5-8-9-10-11-12-13-14-15-16-17-18-19-20-21-23-22(4,6-2)7-3;/h23H,5-21H2,1-4H3;1H. The highest BCUT2D eigenvalue weighted by Crippen LogP contribution is 2.15. The minimum Gasteiger partial charge on any atom is -0.312 e. The van der Waals surface area contributed by atoms with Crippen LogP contribution in [0.1, 0.15) is 130 Å². The number of rotatable bonds is 18. The van der Waals surface area contributed by atoms with Gasteiger partial charge in [0.2, 0.25) is 0 Å². The van der Waals surface area contributed by atoms with Crippen LogP contribution < -0.4 is 5.32 Å². The van der Waals surface area contributed by atoms with E-state index >= 15 is 0 Å². The van der Waals surface area contributed by atoms with E-state index in [1.807, 2.05) is 0 Å². The van der Waals surface area contributed by atoms with Gasteiger partial charge in [0.25, 0.3) is 0 Å². The van der Waals surface area contributed by atoms with Crippen molar-refractivity contribution in [3.05, 3.63) is 0 Å². The highest BCUT2D eigenvalue weighted by atomic mass is 79.9. The Labute approximate surface area is 164 Å². The van der Waals surface area contributed by atoms with Crippen LogP contribution in [0.3, 0.4) is 0 Å². The van der Waals surface area contributed by atoms with Gasteiger partial charge in [-0.3, -0.25) is 0 Å². The third kappa shape index (κ3) is 17.3. The smallest absolute Gasteiger partial charge is 0.0148 e. The van der Waals surface area contributed by atoms with Crippen molar-refractivity contribution in [2.75, 3.05) is 6.54 Å². The lowest BCUT2D eigenvalue weighted by molar-refractivity contribution is 0.328. The number of hydrogen-bond acceptors (Lipinski definition) is 1. The van der Waals surface area contributed by atoms with E-state index in [1.165, 1.54) is 109 Å². The Hall–Kier alpha value is 0.440. The summed E-state index contributed by atoms with van der Waals surface area (Å²) in [6.07, 6.45) is 22.7. The maximum Gasteiger partial charge on any atom is 0.0148 e. The predicted octanol–water partition coefficient (Wildman–Crippen LogP) is 8.21. The molecule has 0 aliphatic carbocycles. The second-order valence-corrected chi connectivity index (χ2v) is 7.79. The molecule has 0 saturated carbocycles. The van der Waals surface area contributed by atoms with Crippen molar-refractivity contribution >= 4 is 17.0 Å². The minimum atomic E-state index is 0. The second kappa shape index (κ2) is 19.8. The molecule has 0 saturated heterocycles. The van der Waals surface area contributed by atoms with Crippen molar-refractivity contribution in [3.63, 3.8) is 0 Å². The molecule has 0 radical (unpaired) electrons. The summed E-state index contributed by atoms with van der Waals surface area (Å²) in [6, 6.07) is 0. The maximum atomic E-state index is 3.74. The van der Waals surface area contributed by atoms with Gasteiger partial charge in [-0.05, 0) is 32.7 Å². The van der Waals surface area contributed by atoms with Gasteiger partial charge in [-0.25, -0.2) is 0 Å². The molecule has 148 valence electrons. The molecule has 0 atom stereocenters. The Kier molecular flexibility index (Phi) is 22.0. The molecule has 0 aromatic heterocycles. The molecule has 0 heterocycles. The van der Waals surface area contributed by atoms with Crippen molar-refractivity contribution in [2.24, 2.45) is 0 Å². The quantitative estimate of drug-likeness (QED) is 0.226. The third-order valence-corrected chi connectivity index (χ3v) is 5.64. The molecule has 0 fully saturated rings. The molecule has 0 aromatic carbocycles. The van der Waals surface area contributed by atoms with Crippen LogP contribution in [0, 0.1) is 0 Å². The van der Waals surface area contributed by atoms with Crippen LogP contribution in [0.5, 0.6) is 0 Å². The summed E-state index contributed by atoms with van der Waals surface area (Å²) in [6.45, 7) is 10.4. The first kappa shape index (κ1) is 26.7. The molecule has 1 N–H and O–H groups in total. The first-order valence-electron chi connectivity index (χ1n) is 10.9. The molecule has 0 aliphatic heterocycles. The Balaban J connectivity index is 0. The van der Waals surface area contributed by atoms with Gasteiger partial charge in [0.1, 0.15) is 0 Å². The predicted molar refractivity (Wildman–Crippen MR) is 118 cm³/mol. The van der Waals surface area contributed by atoms with Crippen LogP contribution in [0.25, 0.3) is 0 Å². The molecule has 0 rings (SSSR count). The molecule has 1 nitrogen and oxygen atoms in total. The minimum absolute atomic E-state index is 0. The van der Waals surface area contributed by atoms with Crippen molar-refractivity contribution in [1.29, 1.82) is 0 Å². The van der Waals surface area contributed by atoms with Gasteiger partial charge in [0.05, 0.1) is 0 Å². The van der Waals surface area contributed by atoms with Gasteiger partial charge >= 0.3 is 0 Å². The van der Waals surface area contributed by atoms with Crippen LogP contribution in [-0.4, -0.2) is 12.1 Å². The SMILES string of the molecule is Br.CCCCCCCCCCCCCCCCNC(C)(CC)CC. The molecule has 0 amide bonds. The van der Waals surface area contributed by atoms with E-state index in [1.54, 1.807) is 0 Å². The number of nitrogens with one attached hydrogen (secondary N) is 1. The van der Waals surface area contributed by atoms with E-state index in [-0.39, 0.29) is 17.0 Å². The lowest BCUT2D eigenvalue weighted by Crippen LogP contribution is -2.41. The van der Waals surface area contributed by atoms with Gasteiger partial charge in [0, 0.05) is 5.54 Å². The van der Waals surface area contributed by atoms with Crippen LogP contribution >= 0.6 is 17.0 Å². The zero-order valence-corrected chi connectivity index (χ0v) is 19.1. The summed E-state index contributed by atoms with van der Waals surface area (Å²) in [5, 5.41) is 3.74. The summed E-state index contributed by atoms with van der Waals surface area (Å²) in [5.74, 6) is 0. The fourth-order valence-electron chi connectivity index (χ4n) is 3.21. The van der Waals surface area contributed by atoms with E-state index in [0.717, 1.165) is 0 Å². The van der Waals surface area contributed by atoms with Gasteiger partial charge in [-0.2, -0.15) is 0 Å². The Bertz CT molecular complexity index is 226. The number of unbranched alkanes of at least 4 members (excludes halogenated alkanes) is 13. The first-order valence-corrected chi connectivity index (χ1v) is 10.9. The fraction of sp³-hybridized carbons (Fsp3) is 1.00. The van der Waals surface area contributed by atoms with Crippen molar-refractivity contribution in [3.8, 4) is 0 Å².